The first kappa shape index (κ1) is 19.1. The lowest BCUT2D eigenvalue weighted by atomic mass is 9.77. The SMILES string of the molecule is COCCCN1CC2(CCN(Cc3noc(-c4ccccc4)n3)CC2)CC1=O. The highest BCUT2D eigenvalue weighted by Crippen LogP contribution is 2.41. The van der Waals surface area contributed by atoms with Crippen LogP contribution in [0, 0.1) is 5.41 Å². The molecule has 1 spiro atoms. The predicted molar refractivity (Wildman–Crippen MR) is 104 cm³/mol. The highest BCUT2D eigenvalue weighted by Gasteiger charge is 2.44. The number of ether oxygens (including phenoxy) is 1. The van der Waals surface area contributed by atoms with Crippen molar-refractivity contribution in [2.45, 2.75) is 32.2 Å². The molecule has 1 amide bonds. The van der Waals surface area contributed by atoms with Crippen molar-refractivity contribution in [2.75, 3.05) is 39.9 Å². The van der Waals surface area contributed by atoms with E-state index in [0.29, 0.717) is 31.4 Å². The first-order valence-corrected chi connectivity index (χ1v) is 10.0. The summed E-state index contributed by atoms with van der Waals surface area (Å²) in [5.41, 5.74) is 1.09. The predicted octanol–water partition coefficient (Wildman–Crippen LogP) is 2.59. The van der Waals surface area contributed by atoms with E-state index in [0.717, 1.165) is 56.8 Å². The molecule has 0 saturated carbocycles. The standard InChI is InChI=1S/C21H28N4O3/c1-27-13-5-10-25-16-21(14-19(25)26)8-11-24(12-9-21)15-18-22-20(28-23-18)17-6-3-2-4-7-17/h2-4,6-7H,5,8-16H2,1H3. The fraction of sp³-hybridized carbons (Fsp3) is 0.571. The molecule has 0 radical (unpaired) electrons. The van der Waals surface area contributed by atoms with Crippen molar-refractivity contribution in [3.8, 4) is 11.5 Å². The second-order valence-corrected chi connectivity index (χ2v) is 8.00. The Kier molecular flexibility index (Phi) is 5.73. The summed E-state index contributed by atoms with van der Waals surface area (Å²) >= 11 is 0. The molecule has 150 valence electrons. The zero-order valence-corrected chi connectivity index (χ0v) is 16.5. The van der Waals surface area contributed by atoms with E-state index in [1.165, 1.54) is 0 Å². The molecule has 28 heavy (non-hydrogen) atoms. The molecule has 7 nitrogen and oxygen atoms in total. The van der Waals surface area contributed by atoms with Gasteiger partial charge in [-0.3, -0.25) is 9.69 Å². The molecule has 2 fully saturated rings. The van der Waals surface area contributed by atoms with E-state index in [1.807, 2.05) is 35.2 Å². The average molecular weight is 384 g/mol. The van der Waals surface area contributed by atoms with Crippen LogP contribution >= 0.6 is 0 Å². The van der Waals surface area contributed by atoms with Crippen molar-refractivity contribution in [1.82, 2.24) is 19.9 Å². The summed E-state index contributed by atoms with van der Waals surface area (Å²) in [5.74, 6) is 1.59. The Morgan fingerprint density at radius 3 is 2.75 bits per heavy atom. The molecule has 2 aliphatic heterocycles. The second-order valence-electron chi connectivity index (χ2n) is 8.00. The molecule has 7 heteroatoms. The number of hydrogen-bond donors (Lipinski definition) is 0. The van der Waals surface area contributed by atoms with Crippen LogP contribution < -0.4 is 0 Å². The van der Waals surface area contributed by atoms with Crippen LogP contribution in [0.4, 0.5) is 0 Å². The number of carbonyl (C=O) groups is 1. The number of hydrogen-bond acceptors (Lipinski definition) is 6. The van der Waals surface area contributed by atoms with Crippen LogP contribution in [-0.4, -0.2) is 65.7 Å². The maximum absolute atomic E-state index is 12.4. The van der Waals surface area contributed by atoms with Gasteiger partial charge in [0.05, 0.1) is 6.54 Å². The minimum absolute atomic E-state index is 0.146. The fourth-order valence-corrected chi connectivity index (χ4v) is 4.32. The van der Waals surface area contributed by atoms with Gasteiger partial charge in [0.2, 0.25) is 5.91 Å². The molecule has 3 heterocycles. The van der Waals surface area contributed by atoms with Gasteiger partial charge in [-0.05, 0) is 49.9 Å². The number of likely N-dealkylation sites (tertiary alicyclic amines) is 2. The van der Waals surface area contributed by atoms with Gasteiger partial charge in [-0.15, -0.1) is 0 Å². The summed E-state index contributed by atoms with van der Waals surface area (Å²) in [7, 11) is 1.70. The van der Waals surface area contributed by atoms with Gasteiger partial charge in [-0.2, -0.15) is 4.98 Å². The number of nitrogens with zero attached hydrogens (tertiary/aromatic N) is 4. The van der Waals surface area contributed by atoms with Gasteiger partial charge in [-0.1, -0.05) is 23.4 Å². The van der Waals surface area contributed by atoms with Gasteiger partial charge in [0, 0.05) is 38.8 Å². The minimum atomic E-state index is 0.146. The van der Waals surface area contributed by atoms with Gasteiger partial charge in [0.25, 0.3) is 5.89 Å². The molecule has 1 aromatic carbocycles. The molecule has 0 N–H and O–H groups in total. The average Bonchev–Trinajstić information content (AvgIpc) is 3.30. The summed E-state index contributed by atoms with van der Waals surface area (Å²) in [6, 6.07) is 9.83. The molecule has 0 unspecified atom stereocenters. The van der Waals surface area contributed by atoms with Crippen molar-refractivity contribution in [3.63, 3.8) is 0 Å². The van der Waals surface area contributed by atoms with Crippen LogP contribution in [0.25, 0.3) is 11.5 Å². The van der Waals surface area contributed by atoms with Crippen LogP contribution in [0.15, 0.2) is 34.9 Å². The highest BCUT2D eigenvalue weighted by molar-refractivity contribution is 5.79. The summed E-state index contributed by atoms with van der Waals surface area (Å²) in [4.78, 5) is 21.3. The Hall–Kier alpha value is -2.25. The lowest BCUT2D eigenvalue weighted by Crippen LogP contribution is -2.41. The van der Waals surface area contributed by atoms with Crippen molar-refractivity contribution in [3.05, 3.63) is 36.2 Å². The Labute approximate surface area is 165 Å². The highest BCUT2D eigenvalue weighted by atomic mass is 16.5. The number of carbonyl (C=O) groups excluding carboxylic acids is 1. The maximum Gasteiger partial charge on any atom is 0.257 e. The number of methoxy groups -OCH3 is 1. The van der Waals surface area contributed by atoms with Gasteiger partial charge < -0.3 is 14.2 Å². The molecule has 0 atom stereocenters. The topological polar surface area (TPSA) is 71.7 Å². The lowest BCUT2D eigenvalue weighted by Gasteiger charge is -2.38. The molecule has 0 aliphatic carbocycles. The molecular weight excluding hydrogens is 356 g/mol. The zero-order valence-electron chi connectivity index (χ0n) is 16.5. The largest absolute Gasteiger partial charge is 0.385 e. The van der Waals surface area contributed by atoms with Crippen LogP contribution in [0.1, 0.15) is 31.5 Å². The van der Waals surface area contributed by atoms with Crippen molar-refractivity contribution in [1.29, 1.82) is 0 Å². The Morgan fingerprint density at radius 1 is 1.21 bits per heavy atom. The van der Waals surface area contributed by atoms with E-state index >= 15 is 0 Å². The van der Waals surface area contributed by atoms with Crippen molar-refractivity contribution >= 4 is 5.91 Å². The lowest BCUT2D eigenvalue weighted by molar-refractivity contribution is -0.128. The van der Waals surface area contributed by atoms with Gasteiger partial charge in [-0.25, -0.2) is 0 Å². The van der Waals surface area contributed by atoms with Gasteiger partial charge in [0.1, 0.15) is 0 Å². The smallest absolute Gasteiger partial charge is 0.257 e. The van der Waals surface area contributed by atoms with E-state index in [2.05, 4.69) is 15.0 Å². The monoisotopic (exact) mass is 384 g/mol. The van der Waals surface area contributed by atoms with Crippen LogP contribution in [-0.2, 0) is 16.1 Å². The summed E-state index contributed by atoms with van der Waals surface area (Å²) in [5, 5.41) is 4.14. The molecule has 2 aromatic rings. The second kappa shape index (κ2) is 8.41. The molecular formula is C21H28N4O3. The normalized spacial score (nSPS) is 19.6. The Bertz CT molecular complexity index is 784. The minimum Gasteiger partial charge on any atom is -0.385 e. The molecule has 2 saturated heterocycles. The number of piperidine rings is 1. The van der Waals surface area contributed by atoms with E-state index in [9.17, 15) is 4.79 Å². The number of aromatic nitrogens is 2. The number of benzene rings is 1. The van der Waals surface area contributed by atoms with Crippen LogP contribution in [0.3, 0.4) is 0 Å². The zero-order chi connectivity index (χ0) is 19.4. The first-order valence-electron chi connectivity index (χ1n) is 10.0. The van der Waals surface area contributed by atoms with Crippen molar-refractivity contribution < 1.29 is 14.1 Å². The Balaban J connectivity index is 1.29. The molecule has 0 bridgehead atoms. The fourth-order valence-electron chi connectivity index (χ4n) is 4.32. The van der Waals surface area contributed by atoms with Gasteiger partial charge >= 0.3 is 0 Å². The summed E-state index contributed by atoms with van der Waals surface area (Å²) < 4.78 is 10.5. The summed E-state index contributed by atoms with van der Waals surface area (Å²) in [6.45, 7) is 5.04. The first-order chi connectivity index (χ1) is 13.7. The molecule has 2 aliphatic rings. The third kappa shape index (κ3) is 4.25. The van der Waals surface area contributed by atoms with E-state index < -0.39 is 0 Å². The number of amides is 1. The van der Waals surface area contributed by atoms with Crippen molar-refractivity contribution in [2.24, 2.45) is 5.41 Å². The van der Waals surface area contributed by atoms with Gasteiger partial charge in [0.15, 0.2) is 5.82 Å². The quantitative estimate of drug-likeness (QED) is 0.684. The third-order valence-corrected chi connectivity index (χ3v) is 5.95. The van der Waals surface area contributed by atoms with Crippen LogP contribution in [0.5, 0.6) is 0 Å². The Morgan fingerprint density at radius 2 is 2.00 bits per heavy atom. The van der Waals surface area contributed by atoms with Crippen LogP contribution in [0.2, 0.25) is 0 Å². The van der Waals surface area contributed by atoms with E-state index in [1.54, 1.807) is 7.11 Å². The molecule has 1 aromatic heterocycles. The molecule has 4 rings (SSSR count). The van der Waals surface area contributed by atoms with E-state index in [-0.39, 0.29) is 5.41 Å². The van der Waals surface area contributed by atoms with E-state index in [4.69, 9.17) is 9.26 Å². The summed E-state index contributed by atoms with van der Waals surface area (Å²) in [6.07, 6.45) is 3.69. The maximum atomic E-state index is 12.4. The third-order valence-electron chi connectivity index (χ3n) is 5.95. The number of rotatable bonds is 7.